The Morgan fingerprint density at radius 1 is 1.55 bits per heavy atom. The summed E-state index contributed by atoms with van der Waals surface area (Å²) in [6, 6.07) is 0. The second-order valence-electron chi connectivity index (χ2n) is 5.28. The van der Waals surface area contributed by atoms with Gasteiger partial charge in [0.15, 0.2) is 5.13 Å². The number of rotatable bonds is 6. The van der Waals surface area contributed by atoms with Gasteiger partial charge in [0.1, 0.15) is 0 Å². The number of hydrogen-bond donors (Lipinski definition) is 2. The monoisotopic (exact) mass is 319 g/mol. The van der Waals surface area contributed by atoms with Crippen molar-refractivity contribution >= 4 is 32.4 Å². The number of amides is 1. The standard InChI is InChI=1S/C11H17N3O4S2/c1-11(6-18-7-11)5-12-9(15)3-8-4-19-10(13-8)14-20(2,16)17/h4H,3,5-7H2,1-2H3,(H,12,15)(H,13,14). The fraction of sp³-hybridized carbons (Fsp3) is 0.636. The summed E-state index contributed by atoms with van der Waals surface area (Å²) in [4.78, 5) is 15.8. The van der Waals surface area contributed by atoms with Crippen LogP contribution in [0.25, 0.3) is 0 Å². The van der Waals surface area contributed by atoms with Crippen molar-refractivity contribution in [2.24, 2.45) is 5.41 Å². The fourth-order valence-electron chi connectivity index (χ4n) is 1.69. The zero-order valence-electron chi connectivity index (χ0n) is 11.3. The van der Waals surface area contributed by atoms with Crippen molar-refractivity contribution in [2.45, 2.75) is 13.3 Å². The first kappa shape index (κ1) is 15.2. The largest absolute Gasteiger partial charge is 0.380 e. The van der Waals surface area contributed by atoms with Gasteiger partial charge in [0.2, 0.25) is 15.9 Å². The minimum absolute atomic E-state index is 0.0285. The van der Waals surface area contributed by atoms with Gasteiger partial charge >= 0.3 is 0 Å². The number of sulfonamides is 1. The third-order valence-electron chi connectivity index (χ3n) is 2.78. The van der Waals surface area contributed by atoms with Gasteiger partial charge in [0.05, 0.1) is 31.6 Å². The van der Waals surface area contributed by atoms with E-state index in [1.807, 2.05) is 6.92 Å². The molecule has 0 unspecified atom stereocenters. The molecule has 2 rings (SSSR count). The number of anilines is 1. The molecule has 2 heterocycles. The first-order valence-electron chi connectivity index (χ1n) is 6.02. The smallest absolute Gasteiger partial charge is 0.231 e. The number of ether oxygens (including phenoxy) is 1. The highest BCUT2D eigenvalue weighted by molar-refractivity contribution is 7.92. The van der Waals surface area contributed by atoms with Crippen molar-refractivity contribution in [1.82, 2.24) is 10.3 Å². The van der Waals surface area contributed by atoms with Crippen LogP contribution in [0, 0.1) is 5.41 Å². The summed E-state index contributed by atoms with van der Waals surface area (Å²) in [5, 5.41) is 4.78. The lowest BCUT2D eigenvalue weighted by Gasteiger charge is -2.38. The van der Waals surface area contributed by atoms with Gasteiger partial charge in [-0.3, -0.25) is 9.52 Å². The Morgan fingerprint density at radius 2 is 2.25 bits per heavy atom. The van der Waals surface area contributed by atoms with E-state index in [0.29, 0.717) is 25.5 Å². The van der Waals surface area contributed by atoms with Crippen LogP contribution in [-0.2, 0) is 26.0 Å². The molecule has 1 fully saturated rings. The van der Waals surface area contributed by atoms with E-state index in [9.17, 15) is 13.2 Å². The van der Waals surface area contributed by atoms with E-state index in [4.69, 9.17) is 4.74 Å². The van der Waals surface area contributed by atoms with Crippen LogP contribution in [0.5, 0.6) is 0 Å². The molecule has 112 valence electrons. The van der Waals surface area contributed by atoms with Crippen molar-refractivity contribution in [3.05, 3.63) is 11.1 Å². The molecule has 1 saturated heterocycles. The number of aromatic nitrogens is 1. The molecule has 1 aliphatic heterocycles. The molecule has 2 N–H and O–H groups in total. The summed E-state index contributed by atoms with van der Waals surface area (Å²) < 4.78 is 29.5. The molecular formula is C11H17N3O4S2. The van der Waals surface area contributed by atoms with Gasteiger partial charge in [-0.25, -0.2) is 13.4 Å². The lowest BCUT2D eigenvalue weighted by molar-refractivity contribution is -0.126. The quantitative estimate of drug-likeness (QED) is 0.781. The average Bonchev–Trinajstić information content (AvgIpc) is 2.68. The number of carbonyl (C=O) groups is 1. The molecule has 1 aromatic rings. The summed E-state index contributed by atoms with van der Waals surface area (Å²) in [7, 11) is -3.33. The van der Waals surface area contributed by atoms with Gasteiger partial charge in [-0.2, -0.15) is 0 Å². The predicted molar refractivity (Wildman–Crippen MR) is 76.2 cm³/mol. The molecule has 0 saturated carbocycles. The Bertz CT molecular complexity index is 593. The number of thiazole rings is 1. The highest BCUT2D eigenvalue weighted by Gasteiger charge is 2.33. The maximum Gasteiger partial charge on any atom is 0.231 e. The van der Waals surface area contributed by atoms with Crippen molar-refractivity contribution in [3.8, 4) is 0 Å². The predicted octanol–water partition coefficient (Wildman–Crippen LogP) is 0.210. The SMILES string of the molecule is CC1(CNC(=O)Cc2csc(NS(C)(=O)=O)n2)COC1. The van der Waals surface area contributed by atoms with E-state index in [-0.39, 0.29) is 22.9 Å². The number of hydrogen-bond acceptors (Lipinski definition) is 6. The van der Waals surface area contributed by atoms with E-state index in [1.165, 1.54) is 0 Å². The van der Waals surface area contributed by atoms with Crippen LogP contribution < -0.4 is 10.0 Å². The molecule has 0 radical (unpaired) electrons. The van der Waals surface area contributed by atoms with Crippen LogP contribution in [0.15, 0.2) is 5.38 Å². The zero-order chi connectivity index (χ0) is 14.8. The zero-order valence-corrected chi connectivity index (χ0v) is 12.9. The maximum absolute atomic E-state index is 11.8. The Labute approximate surface area is 121 Å². The first-order chi connectivity index (χ1) is 9.26. The molecule has 9 heteroatoms. The van der Waals surface area contributed by atoms with Crippen molar-refractivity contribution in [2.75, 3.05) is 30.7 Å². The van der Waals surface area contributed by atoms with Crippen LogP contribution in [0.4, 0.5) is 5.13 Å². The Balaban J connectivity index is 1.82. The molecule has 0 bridgehead atoms. The van der Waals surface area contributed by atoms with E-state index >= 15 is 0 Å². The fourth-order valence-corrected chi connectivity index (χ4v) is 3.25. The van der Waals surface area contributed by atoms with Crippen LogP contribution in [0.2, 0.25) is 0 Å². The van der Waals surface area contributed by atoms with Gasteiger partial charge < -0.3 is 10.1 Å². The third kappa shape index (κ3) is 4.43. The Morgan fingerprint density at radius 3 is 2.80 bits per heavy atom. The second kappa shape index (κ2) is 5.66. The molecule has 7 nitrogen and oxygen atoms in total. The van der Waals surface area contributed by atoms with Crippen molar-refractivity contribution < 1.29 is 17.9 Å². The van der Waals surface area contributed by atoms with E-state index < -0.39 is 10.0 Å². The molecule has 0 aliphatic carbocycles. The van der Waals surface area contributed by atoms with Gasteiger partial charge in [-0.15, -0.1) is 11.3 Å². The normalized spacial score (nSPS) is 17.3. The molecule has 0 spiro atoms. The molecule has 1 aromatic heterocycles. The van der Waals surface area contributed by atoms with Crippen LogP contribution in [-0.4, -0.2) is 45.3 Å². The average molecular weight is 319 g/mol. The topological polar surface area (TPSA) is 97.4 Å². The van der Waals surface area contributed by atoms with E-state index in [0.717, 1.165) is 17.6 Å². The first-order valence-corrected chi connectivity index (χ1v) is 8.80. The molecule has 20 heavy (non-hydrogen) atoms. The molecule has 0 aromatic carbocycles. The van der Waals surface area contributed by atoms with Crippen LogP contribution in [0.1, 0.15) is 12.6 Å². The van der Waals surface area contributed by atoms with E-state index in [1.54, 1.807) is 5.38 Å². The van der Waals surface area contributed by atoms with Crippen LogP contribution >= 0.6 is 11.3 Å². The third-order valence-corrected chi connectivity index (χ3v) is 4.28. The molecule has 1 amide bonds. The lowest BCUT2D eigenvalue weighted by atomic mass is 9.89. The van der Waals surface area contributed by atoms with Gasteiger partial charge in [0.25, 0.3) is 0 Å². The molecule has 1 aliphatic rings. The van der Waals surface area contributed by atoms with Gasteiger partial charge in [0, 0.05) is 17.3 Å². The minimum Gasteiger partial charge on any atom is -0.380 e. The lowest BCUT2D eigenvalue weighted by Crippen LogP contribution is -2.48. The summed E-state index contributed by atoms with van der Waals surface area (Å²) in [6.45, 7) is 3.94. The molecule has 0 atom stereocenters. The summed E-state index contributed by atoms with van der Waals surface area (Å²) in [6.07, 6.45) is 1.20. The Kier molecular flexibility index (Phi) is 4.31. The van der Waals surface area contributed by atoms with Gasteiger partial charge in [-0.05, 0) is 0 Å². The minimum atomic E-state index is -3.33. The molecular weight excluding hydrogens is 302 g/mol. The van der Waals surface area contributed by atoms with Crippen molar-refractivity contribution in [1.29, 1.82) is 0 Å². The number of carbonyl (C=O) groups excluding carboxylic acids is 1. The van der Waals surface area contributed by atoms with Crippen LogP contribution in [0.3, 0.4) is 0 Å². The van der Waals surface area contributed by atoms with E-state index in [2.05, 4.69) is 15.0 Å². The maximum atomic E-state index is 11.8. The Hall–Kier alpha value is -1.19. The number of nitrogens with zero attached hydrogens (tertiary/aromatic N) is 1. The number of nitrogens with one attached hydrogen (secondary N) is 2. The highest BCUT2D eigenvalue weighted by Crippen LogP contribution is 2.25. The second-order valence-corrected chi connectivity index (χ2v) is 7.88. The van der Waals surface area contributed by atoms with Crippen molar-refractivity contribution in [3.63, 3.8) is 0 Å². The summed E-state index contributed by atoms with van der Waals surface area (Å²) >= 11 is 1.16. The van der Waals surface area contributed by atoms with Gasteiger partial charge in [-0.1, -0.05) is 6.92 Å². The highest BCUT2D eigenvalue weighted by atomic mass is 32.2. The summed E-state index contributed by atoms with van der Waals surface area (Å²) in [5.41, 5.74) is 0.578. The summed E-state index contributed by atoms with van der Waals surface area (Å²) in [5.74, 6) is -0.130.